The van der Waals surface area contributed by atoms with Gasteiger partial charge in [-0.2, -0.15) is 0 Å². The number of amides is 1. The van der Waals surface area contributed by atoms with Gasteiger partial charge in [-0.3, -0.25) is 4.90 Å². The lowest BCUT2D eigenvalue weighted by Crippen LogP contribution is -2.56. The summed E-state index contributed by atoms with van der Waals surface area (Å²) in [4.78, 5) is 26.5. The summed E-state index contributed by atoms with van der Waals surface area (Å²) in [6, 6.07) is -0.542. The first kappa shape index (κ1) is 30.3. The molecule has 0 bridgehead atoms. The minimum atomic E-state index is -1.99. The second-order valence-electron chi connectivity index (χ2n) is 13.9. The number of hydrogen-bond donors (Lipinski definition) is 0. The summed E-state index contributed by atoms with van der Waals surface area (Å²) in [6.07, 6.45) is 1.71. The van der Waals surface area contributed by atoms with E-state index in [2.05, 4.69) is 67.7 Å². The molecule has 1 fully saturated rings. The van der Waals surface area contributed by atoms with E-state index in [9.17, 15) is 9.59 Å². The molecule has 0 saturated carbocycles. The maximum atomic E-state index is 12.8. The van der Waals surface area contributed by atoms with E-state index in [1.165, 1.54) is 0 Å². The Morgan fingerprint density at radius 3 is 1.67 bits per heavy atom. The molecular weight excluding hydrogens is 450 g/mol. The molecule has 33 heavy (non-hydrogen) atoms. The number of carbonyl (C=O) groups is 2. The van der Waals surface area contributed by atoms with Gasteiger partial charge in [0.1, 0.15) is 11.9 Å². The zero-order chi connectivity index (χ0) is 26.1. The molecule has 0 aliphatic carbocycles. The largest absolute Gasteiger partial charge is 0.444 e. The van der Waals surface area contributed by atoms with Gasteiger partial charge in [-0.1, -0.05) is 41.5 Å². The van der Waals surface area contributed by atoms with Gasteiger partial charge in [-0.15, -0.1) is 0 Å². The van der Waals surface area contributed by atoms with Gasteiger partial charge in [0.05, 0.1) is 6.04 Å². The Morgan fingerprint density at radius 1 is 0.909 bits per heavy atom. The lowest BCUT2D eigenvalue weighted by atomic mass is 9.77. The van der Waals surface area contributed by atoms with Crippen LogP contribution in [0.3, 0.4) is 0 Å². The highest BCUT2D eigenvalue weighted by Crippen LogP contribution is 2.43. The Labute approximate surface area is 205 Å². The van der Waals surface area contributed by atoms with Crippen molar-refractivity contribution in [2.45, 2.75) is 123 Å². The Morgan fingerprint density at radius 2 is 1.33 bits per heavy atom. The lowest BCUT2D eigenvalue weighted by Gasteiger charge is -2.48. The quantitative estimate of drug-likeness (QED) is 0.290. The van der Waals surface area contributed by atoms with E-state index in [-0.39, 0.29) is 15.5 Å². The summed E-state index contributed by atoms with van der Waals surface area (Å²) in [5.41, 5.74) is -0.912. The van der Waals surface area contributed by atoms with E-state index in [0.717, 1.165) is 12.7 Å². The Balaban J connectivity index is 3.18. The van der Waals surface area contributed by atoms with Crippen molar-refractivity contribution in [1.82, 2.24) is 4.90 Å². The summed E-state index contributed by atoms with van der Waals surface area (Å²) in [7, 11) is -3.98. The van der Waals surface area contributed by atoms with E-state index in [1.807, 2.05) is 20.8 Å². The highest BCUT2D eigenvalue weighted by Gasteiger charge is 2.47. The molecule has 1 heterocycles. The molecule has 1 aliphatic rings. The topological polar surface area (TPSA) is 65.1 Å². The van der Waals surface area contributed by atoms with Gasteiger partial charge in [-0.05, 0) is 69.9 Å². The molecule has 194 valence electrons. The predicted molar refractivity (Wildman–Crippen MR) is 141 cm³/mol. The fourth-order valence-corrected chi connectivity index (χ4v) is 5.45. The van der Waals surface area contributed by atoms with Crippen molar-refractivity contribution in [3.05, 3.63) is 0 Å². The van der Waals surface area contributed by atoms with Crippen LogP contribution in [-0.4, -0.2) is 65.3 Å². The minimum absolute atomic E-state index is 0.0930. The van der Waals surface area contributed by atoms with Crippen LogP contribution in [0.4, 0.5) is 4.79 Å². The van der Waals surface area contributed by atoms with E-state index < -0.39 is 34.4 Å². The molecule has 1 atom stereocenters. The van der Waals surface area contributed by atoms with Crippen LogP contribution in [0, 0.1) is 5.41 Å². The predicted octanol–water partition coefficient (Wildman–Crippen LogP) is 6.61. The number of likely N-dealkylation sites (tertiary alicyclic amines) is 1. The second-order valence-corrected chi connectivity index (χ2v) is 23.5. The van der Waals surface area contributed by atoms with E-state index >= 15 is 0 Å². The van der Waals surface area contributed by atoms with Crippen molar-refractivity contribution in [2.75, 3.05) is 19.8 Å². The average Bonchev–Trinajstić information content (AvgIpc) is 2.61. The van der Waals surface area contributed by atoms with Gasteiger partial charge in [0.25, 0.3) is 0 Å². The van der Waals surface area contributed by atoms with E-state index in [0.29, 0.717) is 26.2 Å². The molecule has 0 aromatic carbocycles. The summed E-state index contributed by atoms with van der Waals surface area (Å²) < 4.78 is 18.9. The monoisotopic (exact) mass is 501 g/mol. The molecule has 1 rings (SSSR count). The molecule has 0 radical (unpaired) electrons. The number of nitrogens with zero attached hydrogens (tertiary/aromatic N) is 1. The Bertz CT molecular complexity index is 656. The van der Waals surface area contributed by atoms with Crippen LogP contribution in [0.15, 0.2) is 0 Å². The van der Waals surface area contributed by atoms with Gasteiger partial charge in [0, 0.05) is 25.2 Å². The third kappa shape index (κ3) is 8.18. The van der Waals surface area contributed by atoms with Crippen molar-refractivity contribution < 1.29 is 23.2 Å². The van der Waals surface area contributed by atoms with Crippen LogP contribution in [0.25, 0.3) is 0 Å². The first-order valence-electron chi connectivity index (χ1n) is 12.3. The highest BCUT2D eigenvalue weighted by molar-refractivity contribution is 6.74. The molecule has 1 saturated heterocycles. The zero-order valence-electron chi connectivity index (χ0n) is 23.7. The number of aldehydes is 1. The summed E-state index contributed by atoms with van der Waals surface area (Å²) in [5.74, 6) is 0. The smallest absolute Gasteiger partial charge is 0.410 e. The summed E-state index contributed by atoms with van der Waals surface area (Å²) >= 11 is 0. The van der Waals surface area contributed by atoms with Crippen molar-refractivity contribution in [2.24, 2.45) is 5.41 Å². The normalized spacial score (nSPS) is 20.5. The summed E-state index contributed by atoms with van der Waals surface area (Å²) in [6.45, 7) is 29.5. The van der Waals surface area contributed by atoms with Crippen LogP contribution in [-0.2, 0) is 18.4 Å². The average molecular weight is 502 g/mol. The minimum Gasteiger partial charge on any atom is -0.444 e. The van der Waals surface area contributed by atoms with Crippen LogP contribution < -0.4 is 0 Å². The number of rotatable bonds is 7. The van der Waals surface area contributed by atoms with Gasteiger partial charge in [-0.25, -0.2) is 4.79 Å². The number of piperidine rings is 1. The van der Waals surface area contributed by atoms with E-state index in [4.69, 9.17) is 13.6 Å². The van der Waals surface area contributed by atoms with Crippen LogP contribution in [0.2, 0.25) is 36.3 Å². The van der Waals surface area contributed by atoms with Gasteiger partial charge in [0.2, 0.25) is 0 Å². The maximum Gasteiger partial charge on any atom is 0.410 e. The molecule has 8 heteroatoms. The molecule has 1 unspecified atom stereocenters. The molecule has 0 aromatic heterocycles. The molecule has 1 amide bonds. The van der Waals surface area contributed by atoms with Crippen molar-refractivity contribution >= 4 is 29.0 Å². The molecule has 0 spiro atoms. The third-order valence-electron chi connectivity index (χ3n) is 7.80. The van der Waals surface area contributed by atoms with Crippen LogP contribution in [0.1, 0.15) is 75.2 Å². The van der Waals surface area contributed by atoms with Gasteiger partial charge in [0.15, 0.2) is 16.6 Å². The molecule has 0 aromatic rings. The molecule has 6 nitrogen and oxygen atoms in total. The van der Waals surface area contributed by atoms with Crippen LogP contribution >= 0.6 is 0 Å². The number of ether oxygens (including phenoxy) is 1. The fourth-order valence-electron chi connectivity index (χ4n) is 3.25. The maximum absolute atomic E-state index is 12.8. The van der Waals surface area contributed by atoms with Crippen molar-refractivity contribution in [3.8, 4) is 0 Å². The van der Waals surface area contributed by atoms with Gasteiger partial charge < -0.3 is 18.4 Å². The van der Waals surface area contributed by atoms with E-state index in [1.54, 1.807) is 4.90 Å². The van der Waals surface area contributed by atoms with Crippen molar-refractivity contribution in [3.63, 3.8) is 0 Å². The number of hydrogen-bond acceptors (Lipinski definition) is 5. The van der Waals surface area contributed by atoms with Gasteiger partial charge >= 0.3 is 6.09 Å². The molecule has 1 aliphatic heterocycles. The summed E-state index contributed by atoms with van der Waals surface area (Å²) in [5, 5.41) is 0.186. The van der Waals surface area contributed by atoms with Crippen molar-refractivity contribution in [1.29, 1.82) is 0 Å². The van der Waals surface area contributed by atoms with Crippen LogP contribution in [0.5, 0.6) is 0 Å². The third-order valence-corrected chi connectivity index (χ3v) is 16.8. The molecular formula is C25H51NO5Si2. The first-order chi connectivity index (χ1) is 14.6. The SMILES string of the molecule is CC(C)(C)OC(=O)N1CCC(CO[Si](C)(C)C(C)(C)C)(CO[Si](C)(C)C(C)(C)C)CC1C=O. The lowest BCUT2D eigenvalue weighted by molar-refractivity contribution is -0.117. The highest BCUT2D eigenvalue weighted by atomic mass is 28.4. The fraction of sp³-hybridized carbons (Fsp3) is 0.920. The zero-order valence-corrected chi connectivity index (χ0v) is 25.7. The Hall–Kier alpha value is -0.706. The Kier molecular flexibility index (Phi) is 9.29. The first-order valence-corrected chi connectivity index (χ1v) is 18.1. The number of carbonyl (C=O) groups excluding carboxylic acids is 2. The molecule has 0 N–H and O–H groups in total. The standard InChI is InChI=1S/C25H51NO5Si2/c1-22(2,3)31-21(28)26-15-14-25(16-20(26)17-27,18-29-32(10,11)23(4,5)6)19-30-33(12,13)24(7,8)9/h17,20H,14-16,18-19H2,1-13H3. The second kappa shape index (κ2) is 10.1.